The summed E-state index contributed by atoms with van der Waals surface area (Å²) in [5.74, 6) is 0.606. The van der Waals surface area contributed by atoms with Crippen molar-refractivity contribution in [3.8, 4) is 28.0 Å². The second-order valence-corrected chi connectivity index (χ2v) is 9.41. The number of rotatable bonds is 10. The van der Waals surface area contributed by atoms with Gasteiger partial charge in [-0.15, -0.1) is 0 Å². The van der Waals surface area contributed by atoms with Gasteiger partial charge in [-0.25, -0.2) is 4.39 Å². The number of nitrogens with zero attached hydrogens (tertiary/aromatic N) is 3. The van der Waals surface area contributed by atoms with Crippen LogP contribution in [0.15, 0.2) is 122 Å². The van der Waals surface area contributed by atoms with E-state index >= 15 is 0 Å². The number of para-hydroxylation sites is 1. The minimum atomic E-state index is -0.248. The average molecular weight is 504 g/mol. The fourth-order valence-corrected chi connectivity index (χ4v) is 4.41. The smallest absolute Gasteiger partial charge is 0.123 e. The first-order valence-electron chi connectivity index (χ1n) is 12.8. The molecule has 0 aliphatic rings. The van der Waals surface area contributed by atoms with E-state index in [1.807, 2.05) is 73.3 Å². The third-order valence-electron chi connectivity index (χ3n) is 6.50. The largest absolute Gasteiger partial charge is 0.492 e. The van der Waals surface area contributed by atoms with Gasteiger partial charge in [0.2, 0.25) is 0 Å². The molecule has 2 aromatic heterocycles. The van der Waals surface area contributed by atoms with E-state index in [-0.39, 0.29) is 11.9 Å². The van der Waals surface area contributed by atoms with Crippen LogP contribution in [0.2, 0.25) is 0 Å². The Balaban J connectivity index is 1.38. The van der Waals surface area contributed by atoms with Crippen LogP contribution in [0.5, 0.6) is 5.75 Å². The summed E-state index contributed by atoms with van der Waals surface area (Å²) in [5.41, 5.74) is 6.34. The fraction of sp³-hybridized carbons (Fsp3) is 0.152. The molecule has 0 fully saturated rings. The van der Waals surface area contributed by atoms with Gasteiger partial charge in [0.1, 0.15) is 18.2 Å². The van der Waals surface area contributed by atoms with Crippen molar-refractivity contribution in [2.24, 2.45) is 0 Å². The Morgan fingerprint density at radius 2 is 1.18 bits per heavy atom. The minimum Gasteiger partial charge on any atom is -0.492 e. The molecule has 0 saturated heterocycles. The summed E-state index contributed by atoms with van der Waals surface area (Å²) in [5, 5.41) is 0. The second kappa shape index (κ2) is 12.3. The molecule has 38 heavy (non-hydrogen) atoms. The van der Waals surface area contributed by atoms with Gasteiger partial charge in [-0.05, 0) is 65.6 Å². The highest BCUT2D eigenvalue weighted by atomic mass is 19.1. The van der Waals surface area contributed by atoms with Crippen LogP contribution >= 0.6 is 0 Å². The van der Waals surface area contributed by atoms with Crippen molar-refractivity contribution in [2.75, 3.05) is 6.61 Å². The average Bonchev–Trinajstić information content (AvgIpc) is 2.97. The van der Waals surface area contributed by atoms with Gasteiger partial charge in [0.25, 0.3) is 0 Å². The summed E-state index contributed by atoms with van der Waals surface area (Å²) in [6.07, 6.45) is 7.54. The van der Waals surface area contributed by atoms with Crippen molar-refractivity contribution in [1.29, 1.82) is 0 Å². The predicted octanol–water partition coefficient (Wildman–Crippen LogP) is 7.42. The maximum absolute atomic E-state index is 13.4. The van der Waals surface area contributed by atoms with Crippen LogP contribution in [-0.4, -0.2) is 27.5 Å². The molecule has 0 saturated carbocycles. The number of halogens is 1. The van der Waals surface area contributed by atoms with E-state index in [0.717, 1.165) is 39.1 Å². The molecule has 2 heterocycles. The van der Waals surface area contributed by atoms with Crippen molar-refractivity contribution in [3.05, 3.63) is 139 Å². The molecule has 0 radical (unpaired) electrons. The zero-order chi connectivity index (χ0) is 26.2. The van der Waals surface area contributed by atoms with E-state index in [4.69, 9.17) is 4.74 Å². The summed E-state index contributed by atoms with van der Waals surface area (Å²) < 4.78 is 19.6. The standard InChI is InChI=1S/C33H30FN3O/c1-25(24-38-33-10-6-3-7-11-33)37(22-26-16-30(20-35-18-26)28-8-4-2-5-9-28)23-27-17-31(21-36-19-27)29-12-14-32(34)15-13-29/h2-21,25H,22-24H2,1H3. The molecule has 0 aliphatic heterocycles. The summed E-state index contributed by atoms with van der Waals surface area (Å²) in [4.78, 5) is 11.4. The zero-order valence-electron chi connectivity index (χ0n) is 21.4. The highest BCUT2D eigenvalue weighted by molar-refractivity contribution is 5.63. The Bertz CT molecular complexity index is 1440. The Kier molecular flexibility index (Phi) is 8.16. The molecule has 1 unspecified atom stereocenters. The first-order chi connectivity index (χ1) is 18.6. The van der Waals surface area contributed by atoms with Crippen molar-refractivity contribution >= 4 is 0 Å². The third-order valence-corrected chi connectivity index (χ3v) is 6.50. The molecule has 190 valence electrons. The molecule has 0 aliphatic carbocycles. The lowest BCUT2D eigenvalue weighted by atomic mass is 10.0. The second-order valence-electron chi connectivity index (χ2n) is 9.41. The summed E-state index contributed by atoms with van der Waals surface area (Å²) in [7, 11) is 0. The van der Waals surface area contributed by atoms with Crippen molar-refractivity contribution < 1.29 is 9.13 Å². The predicted molar refractivity (Wildman–Crippen MR) is 150 cm³/mol. The maximum atomic E-state index is 13.4. The Labute approximate surface area is 223 Å². The Morgan fingerprint density at radius 3 is 1.76 bits per heavy atom. The summed E-state index contributed by atoms with van der Waals surface area (Å²) >= 11 is 0. The first kappa shape index (κ1) is 25.3. The van der Waals surface area contributed by atoms with Crippen molar-refractivity contribution in [1.82, 2.24) is 14.9 Å². The number of hydrogen-bond donors (Lipinski definition) is 0. The molecular formula is C33H30FN3O. The monoisotopic (exact) mass is 503 g/mol. The molecular weight excluding hydrogens is 473 g/mol. The van der Waals surface area contributed by atoms with Crippen molar-refractivity contribution in [2.45, 2.75) is 26.1 Å². The highest BCUT2D eigenvalue weighted by Gasteiger charge is 2.17. The van der Waals surface area contributed by atoms with E-state index in [1.54, 1.807) is 12.1 Å². The normalized spacial score (nSPS) is 11.9. The lowest BCUT2D eigenvalue weighted by molar-refractivity contribution is 0.132. The zero-order valence-corrected chi connectivity index (χ0v) is 21.4. The van der Waals surface area contributed by atoms with Gasteiger partial charge < -0.3 is 4.74 Å². The number of hydrogen-bond acceptors (Lipinski definition) is 4. The van der Waals surface area contributed by atoms with E-state index in [2.05, 4.69) is 46.1 Å². The molecule has 1 atom stereocenters. The van der Waals surface area contributed by atoms with Crippen LogP contribution in [0, 0.1) is 5.82 Å². The van der Waals surface area contributed by atoms with Gasteiger partial charge in [0.05, 0.1) is 0 Å². The Hall–Kier alpha value is -4.35. The van der Waals surface area contributed by atoms with Gasteiger partial charge >= 0.3 is 0 Å². The molecule has 4 nitrogen and oxygen atoms in total. The molecule has 5 rings (SSSR count). The summed E-state index contributed by atoms with van der Waals surface area (Å²) in [6, 6.07) is 31.1. The third kappa shape index (κ3) is 6.69. The van der Waals surface area contributed by atoms with Crippen LogP contribution in [0.1, 0.15) is 18.1 Å². The number of benzene rings is 3. The van der Waals surface area contributed by atoms with Gasteiger partial charge in [0, 0.05) is 55.0 Å². The first-order valence-corrected chi connectivity index (χ1v) is 12.8. The molecule has 0 bridgehead atoms. The summed E-state index contributed by atoms with van der Waals surface area (Å²) in [6.45, 7) is 4.10. The van der Waals surface area contributed by atoms with Gasteiger partial charge in [-0.1, -0.05) is 60.7 Å². The van der Waals surface area contributed by atoms with Crippen LogP contribution in [0.25, 0.3) is 22.3 Å². The maximum Gasteiger partial charge on any atom is 0.123 e. The van der Waals surface area contributed by atoms with E-state index in [1.165, 1.54) is 12.1 Å². The van der Waals surface area contributed by atoms with Crippen LogP contribution in [0.4, 0.5) is 4.39 Å². The number of aromatic nitrogens is 2. The van der Waals surface area contributed by atoms with Crippen LogP contribution in [-0.2, 0) is 13.1 Å². The lowest BCUT2D eigenvalue weighted by Crippen LogP contribution is -2.36. The fourth-order valence-electron chi connectivity index (χ4n) is 4.41. The molecule has 5 heteroatoms. The van der Waals surface area contributed by atoms with Crippen LogP contribution < -0.4 is 4.74 Å². The molecule has 3 aromatic carbocycles. The van der Waals surface area contributed by atoms with Crippen molar-refractivity contribution in [3.63, 3.8) is 0 Å². The van der Waals surface area contributed by atoms with Gasteiger partial charge in [-0.2, -0.15) is 0 Å². The van der Waals surface area contributed by atoms with E-state index in [0.29, 0.717) is 19.7 Å². The number of pyridine rings is 2. The topological polar surface area (TPSA) is 38.2 Å². The van der Waals surface area contributed by atoms with Gasteiger partial charge in [0.15, 0.2) is 0 Å². The highest BCUT2D eigenvalue weighted by Crippen LogP contribution is 2.23. The Morgan fingerprint density at radius 1 is 0.658 bits per heavy atom. The molecule has 0 amide bonds. The molecule has 5 aromatic rings. The quantitative estimate of drug-likeness (QED) is 0.199. The van der Waals surface area contributed by atoms with Gasteiger partial charge in [-0.3, -0.25) is 14.9 Å². The minimum absolute atomic E-state index is 0.116. The number of ether oxygens (including phenoxy) is 1. The van der Waals surface area contributed by atoms with E-state index < -0.39 is 0 Å². The van der Waals surface area contributed by atoms with Crippen LogP contribution in [0.3, 0.4) is 0 Å². The molecule has 0 spiro atoms. The SMILES string of the molecule is CC(COc1ccccc1)N(Cc1cncc(-c2ccccc2)c1)Cc1cncc(-c2ccc(F)cc2)c1. The lowest BCUT2D eigenvalue weighted by Gasteiger charge is -2.29. The van der Waals surface area contributed by atoms with E-state index in [9.17, 15) is 4.39 Å². The molecule has 0 N–H and O–H groups in total.